The van der Waals surface area contributed by atoms with Gasteiger partial charge in [0.2, 0.25) is 0 Å². The number of hydrogen-bond donors (Lipinski definition) is 2. The van der Waals surface area contributed by atoms with Crippen LogP contribution >= 0.6 is 0 Å². The molecule has 1 saturated heterocycles. The fraction of sp³-hybridized carbons (Fsp3) is 0.471. The largest absolute Gasteiger partial charge is 0.316 e. The van der Waals surface area contributed by atoms with Gasteiger partial charge in [0.25, 0.3) is 0 Å². The van der Waals surface area contributed by atoms with Crippen molar-refractivity contribution in [1.29, 1.82) is 0 Å². The van der Waals surface area contributed by atoms with E-state index in [-0.39, 0.29) is 0 Å². The third-order valence-electron chi connectivity index (χ3n) is 4.78. The van der Waals surface area contributed by atoms with E-state index in [0.717, 1.165) is 13.1 Å². The zero-order valence-corrected chi connectivity index (χ0v) is 11.8. The minimum absolute atomic E-state index is 0.578. The molecule has 104 valence electrons. The van der Waals surface area contributed by atoms with Crippen LogP contribution in [0.4, 0.5) is 0 Å². The van der Waals surface area contributed by atoms with Gasteiger partial charge in [0.15, 0.2) is 0 Å². The normalized spacial score (nSPS) is 21.9. The highest BCUT2D eigenvalue weighted by Gasteiger charge is 2.21. The molecule has 0 saturated carbocycles. The topological polar surface area (TPSA) is 40.7 Å². The fourth-order valence-corrected chi connectivity index (χ4v) is 3.67. The number of hydrogen-bond acceptors (Lipinski definition) is 2. The van der Waals surface area contributed by atoms with Crippen LogP contribution in [0, 0.1) is 0 Å². The molecule has 1 aromatic carbocycles. The minimum atomic E-state index is 0.578. The molecule has 0 spiro atoms. The summed E-state index contributed by atoms with van der Waals surface area (Å²) in [5.74, 6) is 0.578. The van der Waals surface area contributed by atoms with Crippen molar-refractivity contribution >= 4 is 0 Å². The Bertz CT molecular complexity index is 608. The van der Waals surface area contributed by atoms with Gasteiger partial charge in [0.05, 0.1) is 6.20 Å². The van der Waals surface area contributed by atoms with Crippen molar-refractivity contribution in [1.82, 2.24) is 15.5 Å². The predicted octanol–water partition coefficient (Wildman–Crippen LogP) is 3.03. The lowest BCUT2D eigenvalue weighted by atomic mass is 9.91. The van der Waals surface area contributed by atoms with E-state index in [0.29, 0.717) is 5.92 Å². The zero-order chi connectivity index (χ0) is 13.4. The summed E-state index contributed by atoms with van der Waals surface area (Å²) < 4.78 is 0. The van der Waals surface area contributed by atoms with E-state index < -0.39 is 0 Å². The van der Waals surface area contributed by atoms with Crippen molar-refractivity contribution in [3.63, 3.8) is 0 Å². The standard InChI is InChI=1S/C17H21N3/c1-3-12-6-7-14(9-13(12)4-1)16-11-19-20-17(16)15-5-2-8-18-10-15/h6-7,9,11,15,18H,1-5,8,10H2,(H,19,20). The van der Waals surface area contributed by atoms with Crippen molar-refractivity contribution in [2.45, 2.75) is 38.0 Å². The van der Waals surface area contributed by atoms with Gasteiger partial charge in [-0.25, -0.2) is 0 Å². The molecular weight excluding hydrogens is 246 g/mol. The molecule has 0 bridgehead atoms. The number of nitrogens with zero attached hydrogens (tertiary/aromatic N) is 1. The lowest BCUT2D eigenvalue weighted by molar-refractivity contribution is 0.455. The molecular formula is C17H21N3. The summed E-state index contributed by atoms with van der Waals surface area (Å²) in [5, 5.41) is 11.1. The SMILES string of the molecule is c1cc2c(cc1-c1cn[nH]c1C1CCCNC1)CCC2. The summed E-state index contributed by atoms with van der Waals surface area (Å²) in [4.78, 5) is 0. The van der Waals surface area contributed by atoms with E-state index in [1.807, 2.05) is 6.20 Å². The van der Waals surface area contributed by atoms with Gasteiger partial charge in [-0.1, -0.05) is 18.2 Å². The summed E-state index contributed by atoms with van der Waals surface area (Å²) in [7, 11) is 0. The third-order valence-corrected chi connectivity index (χ3v) is 4.78. The van der Waals surface area contributed by atoms with Gasteiger partial charge in [0.1, 0.15) is 0 Å². The molecule has 0 amide bonds. The van der Waals surface area contributed by atoms with Gasteiger partial charge in [-0.2, -0.15) is 5.10 Å². The maximum Gasteiger partial charge on any atom is 0.0568 e. The molecule has 3 nitrogen and oxygen atoms in total. The van der Waals surface area contributed by atoms with Crippen LogP contribution in [0.1, 0.15) is 42.0 Å². The molecule has 1 atom stereocenters. The quantitative estimate of drug-likeness (QED) is 0.878. The maximum absolute atomic E-state index is 4.31. The van der Waals surface area contributed by atoms with Crippen LogP contribution in [-0.2, 0) is 12.8 Å². The van der Waals surface area contributed by atoms with E-state index in [4.69, 9.17) is 0 Å². The van der Waals surface area contributed by atoms with E-state index in [9.17, 15) is 0 Å². The molecule has 2 aromatic rings. The molecule has 2 aliphatic rings. The van der Waals surface area contributed by atoms with Crippen molar-refractivity contribution in [2.75, 3.05) is 13.1 Å². The Balaban J connectivity index is 1.70. The summed E-state index contributed by atoms with van der Waals surface area (Å²) in [6, 6.07) is 6.97. The van der Waals surface area contributed by atoms with Crippen molar-refractivity contribution < 1.29 is 0 Å². The Morgan fingerprint density at radius 2 is 2.05 bits per heavy atom. The smallest absolute Gasteiger partial charge is 0.0568 e. The minimum Gasteiger partial charge on any atom is -0.316 e. The molecule has 2 N–H and O–H groups in total. The first kappa shape index (κ1) is 12.2. The number of H-pyrrole nitrogens is 1. The summed E-state index contributed by atoms with van der Waals surface area (Å²) >= 11 is 0. The Morgan fingerprint density at radius 3 is 2.95 bits per heavy atom. The molecule has 20 heavy (non-hydrogen) atoms. The Labute approximate surface area is 119 Å². The van der Waals surface area contributed by atoms with Crippen LogP contribution in [0.5, 0.6) is 0 Å². The summed E-state index contributed by atoms with van der Waals surface area (Å²) in [6.45, 7) is 2.22. The number of fused-ring (bicyclic) bond motifs is 1. The van der Waals surface area contributed by atoms with Crippen LogP contribution in [0.2, 0.25) is 0 Å². The summed E-state index contributed by atoms with van der Waals surface area (Å²) in [5.41, 5.74) is 7.03. The number of aromatic nitrogens is 2. The van der Waals surface area contributed by atoms with Gasteiger partial charge in [-0.15, -0.1) is 0 Å². The van der Waals surface area contributed by atoms with Crippen LogP contribution in [-0.4, -0.2) is 23.3 Å². The zero-order valence-electron chi connectivity index (χ0n) is 11.8. The lowest BCUT2D eigenvalue weighted by Gasteiger charge is -2.22. The molecule has 1 aliphatic heterocycles. The molecule has 2 heterocycles. The van der Waals surface area contributed by atoms with Crippen molar-refractivity contribution in [3.8, 4) is 11.1 Å². The third kappa shape index (κ3) is 2.06. The first-order valence-corrected chi connectivity index (χ1v) is 7.78. The highest BCUT2D eigenvalue weighted by atomic mass is 15.1. The molecule has 1 fully saturated rings. The first-order chi connectivity index (χ1) is 9.92. The first-order valence-electron chi connectivity index (χ1n) is 7.78. The average Bonchev–Trinajstić information content (AvgIpc) is 3.16. The second kappa shape index (κ2) is 5.06. The fourth-order valence-electron chi connectivity index (χ4n) is 3.67. The van der Waals surface area contributed by atoms with E-state index in [1.165, 1.54) is 60.1 Å². The van der Waals surface area contributed by atoms with Gasteiger partial charge < -0.3 is 5.32 Å². The predicted molar refractivity (Wildman–Crippen MR) is 80.9 cm³/mol. The van der Waals surface area contributed by atoms with Crippen molar-refractivity contribution in [2.24, 2.45) is 0 Å². The number of aryl methyl sites for hydroxylation is 2. The number of nitrogens with one attached hydrogen (secondary N) is 2. The number of piperidine rings is 1. The highest BCUT2D eigenvalue weighted by molar-refractivity contribution is 5.67. The van der Waals surface area contributed by atoms with Crippen LogP contribution < -0.4 is 5.32 Å². The second-order valence-corrected chi connectivity index (χ2v) is 6.08. The molecule has 4 rings (SSSR count). The molecule has 1 aliphatic carbocycles. The number of benzene rings is 1. The molecule has 0 radical (unpaired) electrons. The van der Waals surface area contributed by atoms with Gasteiger partial charge in [-0.3, -0.25) is 5.10 Å². The highest BCUT2D eigenvalue weighted by Crippen LogP contribution is 2.33. The van der Waals surface area contributed by atoms with Crippen LogP contribution in [0.15, 0.2) is 24.4 Å². The van der Waals surface area contributed by atoms with Gasteiger partial charge in [0, 0.05) is 23.7 Å². The Morgan fingerprint density at radius 1 is 1.10 bits per heavy atom. The number of aromatic amines is 1. The molecule has 1 aromatic heterocycles. The average molecular weight is 267 g/mol. The Kier molecular flexibility index (Phi) is 3.07. The van der Waals surface area contributed by atoms with E-state index in [1.54, 1.807) is 0 Å². The monoisotopic (exact) mass is 267 g/mol. The van der Waals surface area contributed by atoms with Gasteiger partial charge >= 0.3 is 0 Å². The van der Waals surface area contributed by atoms with E-state index in [2.05, 4.69) is 33.7 Å². The lowest BCUT2D eigenvalue weighted by Crippen LogP contribution is -2.28. The van der Waals surface area contributed by atoms with Gasteiger partial charge in [-0.05, 0) is 55.3 Å². The summed E-state index contributed by atoms with van der Waals surface area (Å²) in [6.07, 6.45) is 8.31. The van der Waals surface area contributed by atoms with Crippen molar-refractivity contribution in [3.05, 3.63) is 41.2 Å². The van der Waals surface area contributed by atoms with Crippen LogP contribution in [0.3, 0.4) is 0 Å². The molecule has 1 unspecified atom stereocenters. The molecule has 3 heteroatoms. The Hall–Kier alpha value is -1.61. The van der Waals surface area contributed by atoms with E-state index >= 15 is 0 Å². The van der Waals surface area contributed by atoms with Crippen LogP contribution in [0.25, 0.3) is 11.1 Å². The number of rotatable bonds is 2. The second-order valence-electron chi connectivity index (χ2n) is 6.08. The maximum atomic E-state index is 4.31.